The first-order valence-corrected chi connectivity index (χ1v) is 10.4. The lowest BCUT2D eigenvalue weighted by Crippen LogP contribution is -2.64. The van der Waals surface area contributed by atoms with Gasteiger partial charge in [-0.1, -0.05) is 31.2 Å². The molecular formula is C23H27N5O. The molecular weight excluding hydrogens is 362 g/mol. The molecule has 0 spiro atoms. The van der Waals surface area contributed by atoms with E-state index in [1.54, 1.807) is 0 Å². The van der Waals surface area contributed by atoms with Gasteiger partial charge < -0.3 is 15.2 Å². The van der Waals surface area contributed by atoms with E-state index in [4.69, 9.17) is 0 Å². The lowest BCUT2D eigenvalue weighted by atomic mass is 10.0. The van der Waals surface area contributed by atoms with E-state index < -0.39 is 0 Å². The number of anilines is 2. The summed E-state index contributed by atoms with van der Waals surface area (Å²) >= 11 is 0. The first kappa shape index (κ1) is 18.1. The van der Waals surface area contributed by atoms with Crippen LogP contribution in [0.4, 0.5) is 16.2 Å². The Morgan fingerprint density at radius 2 is 1.76 bits per heavy atom. The Kier molecular flexibility index (Phi) is 4.43. The van der Waals surface area contributed by atoms with Crippen LogP contribution in [0.5, 0.6) is 0 Å². The van der Waals surface area contributed by atoms with Crippen molar-refractivity contribution in [3.63, 3.8) is 0 Å². The number of hydrogen-bond acceptors (Lipinski definition) is 3. The molecule has 3 heterocycles. The minimum atomic E-state index is -0.315. The number of piperazine rings is 1. The van der Waals surface area contributed by atoms with Crippen LogP contribution in [0.1, 0.15) is 13.3 Å². The van der Waals surface area contributed by atoms with Gasteiger partial charge in [0.05, 0.1) is 6.54 Å². The van der Waals surface area contributed by atoms with Crippen molar-refractivity contribution in [3.05, 3.63) is 60.8 Å². The van der Waals surface area contributed by atoms with Gasteiger partial charge in [0.25, 0.3) is 0 Å². The zero-order valence-corrected chi connectivity index (χ0v) is 16.8. The van der Waals surface area contributed by atoms with Crippen molar-refractivity contribution in [2.24, 2.45) is 0 Å². The molecule has 1 unspecified atom stereocenters. The molecule has 2 saturated heterocycles. The molecule has 1 atom stereocenters. The molecule has 2 N–H and O–H groups in total. The molecule has 0 bridgehead atoms. The number of carbonyl (C=O) groups is 1. The number of carbonyl (C=O) groups excluding carboxylic acids is 1. The van der Waals surface area contributed by atoms with Gasteiger partial charge in [0, 0.05) is 54.7 Å². The SMILES string of the molecule is CCC1(N2CCN(c3cccc4[nH]ccc34)CC2)CNC(=O)N1c1ccccc1. The van der Waals surface area contributed by atoms with Gasteiger partial charge in [-0.05, 0) is 36.8 Å². The molecule has 2 aliphatic rings. The largest absolute Gasteiger partial charge is 0.368 e. The van der Waals surface area contributed by atoms with E-state index in [0.717, 1.165) is 38.3 Å². The van der Waals surface area contributed by atoms with Gasteiger partial charge >= 0.3 is 6.03 Å². The van der Waals surface area contributed by atoms with Gasteiger partial charge in [-0.25, -0.2) is 4.79 Å². The number of amides is 2. The van der Waals surface area contributed by atoms with Crippen LogP contribution in [0.2, 0.25) is 0 Å². The summed E-state index contributed by atoms with van der Waals surface area (Å²) in [4.78, 5) is 23.0. The third kappa shape index (κ3) is 2.86. The summed E-state index contributed by atoms with van der Waals surface area (Å²) in [5, 5.41) is 4.37. The Morgan fingerprint density at radius 3 is 2.52 bits per heavy atom. The molecule has 2 aliphatic heterocycles. The van der Waals surface area contributed by atoms with Crippen molar-refractivity contribution in [2.75, 3.05) is 42.5 Å². The molecule has 0 radical (unpaired) electrons. The number of aromatic amines is 1. The third-order valence-corrected chi connectivity index (χ3v) is 6.50. The van der Waals surface area contributed by atoms with Gasteiger partial charge in [0.2, 0.25) is 0 Å². The van der Waals surface area contributed by atoms with Crippen LogP contribution in [0, 0.1) is 0 Å². The third-order valence-electron chi connectivity index (χ3n) is 6.50. The highest BCUT2D eigenvalue weighted by Crippen LogP contribution is 2.35. The van der Waals surface area contributed by atoms with Crippen molar-refractivity contribution < 1.29 is 4.79 Å². The quantitative estimate of drug-likeness (QED) is 0.717. The number of urea groups is 1. The van der Waals surface area contributed by atoms with Crippen LogP contribution in [-0.4, -0.2) is 54.3 Å². The molecule has 3 aromatic rings. The minimum absolute atomic E-state index is 0.00225. The van der Waals surface area contributed by atoms with E-state index in [1.165, 1.54) is 16.6 Å². The minimum Gasteiger partial charge on any atom is -0.368 e. The number of hydrogen-bond donors (Lipinski definition) is 2. The summed E-state index contributed by atoms with van der Waals surface area (Å²) in [6, 6.07) is 18.6. The van der Waals surface area contributed by atoms with Gasteiger partial charge in [0.15, 0.2) is 0 Å². The average molecular weight is 390 g/mol. The smallest absolute Gasteiger partial charge is 0.323 e. The first-order chi connectivity index (χ1) is 14.2. The van der Waals surface area contributed by atoms with Crippen molar-refractivity contribution in [2.45, 2.75) is 19.0 Å². The van der Waals surface area contributed by atoms with Crippen LogP contribution in [-0.2, 0) is 0 Å². The summed E-state index contributed by atoms with van der Waals surface area (Å²) < 4.78 is 0. The molecule has 6 nitrogen and oxygen atoms in total. The molecule has 0 aliphatic carbocycles. The molecule has 29 heavy (non-hydrogen) atoms. The van der Waals surface area contributed by atoms with Gasteiger partial charge in [-0.15, -0.1) is 0 Å². The number of nitrogens with one attached hydrogen (secondary N) is 2. The second-order valence-electron chi connectivity index (χ2n) is 7.86. The fourth-order valence-corrected chi connectivity index (χ4v) is 4.97. The predicted octanol–water partition coefficient (Wildman–Crippen LogP) is 3.63. The molecule has 1 aromatic heterocycles. The number of aromatic nitrogens is 1. The maximum absolute atomic E-state index is 12.8. The summed E-state index contributed by atoms with van der Waals surface area (Å²) in [6.07, 6.45) is 2.89. The number of para-hydroxylation sites is 1. The van der Waals surface area contributed by atoms with Crippen LogP contribution >= 0.6 is 0 Å². The molecule has 2 fully saturated rings. The fourth-order valence-electron chi connectivity index (χ4n) is 4.97. The molecule has 6 heteroatoms. The number of benzene rings is 2. The first-order valence-electron chi connectivity index (χ1n) is 10.4. The van der Waals surface area contributed by atoms with Crippen molar-refractivity contribution in [3.8, 4) is 0 Å². The molecule has 5 rings (SSSR count). The van der Waals surface area contributed by atoms with E-state index in [2.05, 4.69) is 51.3 Å². The molecule has 2 amide bonds. The average Bonchev–Trinajstić information content (AvgIpc) is 3.39. The van der Waals surface area contributed by atoms with Crippen LogP contribution in [0.15, 0.2) is 60.8 Å². The highest BCUT2D eigenvalue weighted by Gasteiger charge is 2.49. The van der Waals surface area contributed by atoms with E-state index in [0.29, 0.717) is 6.54 Å². The number of nitrogens with zero attached hydrogens (tertiary/aromatic N) is 3. The Balaban J connectivity index is 1.40. The lowest BCUT2D eigenvalue weighted by molar-refractivity contribution is 0.0955. The van der Waals surface area contributed by atoms with E-state index in [9.17, 15) is 4.79 Å². The Labute approximate surface area is 171 Å². The summed E-state index contributed by atoms with van der Waals surface area (Å²) in [7, 11) is 0. The molecule has 150 valence electrons. The van der Waals surface area contributed by atoms with E-state index in [1.807, 2.05) is 41.4 Å². The number of H-pyrrole nitrogens is 1. The molecule has 0 saturated carbocycles. The fraction of sp³-hybridized carbons (Fsp3) is 0.348. The highest BCUT2D eigenvalue weighted by molar-refractivity contribution is 5.96. The van der Waals surface area contributed by atoms with Crippen LogP contribution < -0.4 is 15.1 Å². The Bertz CT molecular complexity index is 1010. The van der Waals surface area contributed by atoms with E-state index in [-0.39, 0.29) is 11.7 Å². The second-order valence-corrected chi connectivity index (χ2v) is 7.86. The zero-order valence-electron chi connectivity index (χ0n) is 16.8. The van der Waals surface area contributed by atoms with Gasteiger partial charge in [0.1, 0.15) is 5.66 Å². The predicted molar refractivity (Wildman–Crippen MR) is 117 cm³/mol. The van der Waals surface area contributed by atoms with Crippen molar-refractivity contribution >= 4 is 28.3 Å². The normalized spacial score (nSPS) is 23.0. The molecule has 2 aromatic carbocycles. The Morgan fingerprint density at radius 1 is 0.966 bits per heavy atom. The summed E-state index contributed by atoms with van der Waals surface area (Å²) in [6.45, 7) is 6.58. The van der Waals surface area contributed by atoms with E-state index >= 15 is 0 Å². The maximum Gasteiger partial charge on any atom is 0.323 e. The maximum atomic E-state index is 12.8. The second kappa shape index (κ2) is 7.12. The van der Waals surface area contributed by atoms with Crippen molar-refractivity contribution in [1.29, 1.82) is 0 Å². The number of rotatable bonds is 4. The lowest BCUT2D eigenvalue weighted by Gasteiger charge is -2.49. The standard InChI is InChI=1S/C23H27N5O/c1-2-23(17-25-22(29)28(23)18-7-4-3-5-8-18)27-15-13-26(14-16-27)21-10-6-9-20-19(21)11-12-24-20/h3-12,24H,2,13-17H2,1H3,(H,25,29). The van der Waals surface area contributed by atoms with Crippen molar-refractivity contribution in [1.82, 2.24) is 15.2 Å². The Hall–Kier alpha value is -2.99. The highest BCUT2D eigenvalue weighted by atomic mass is 16.2. The van der Waals surface area contributed by atoms with Gasteiger partial charge in [-0.3, -0.25) is 9.80 Å². The van der Waals surface area contributed by atoms with Crippen LogP contribution in [0.3, 0.4) is 0 Å². The summed E-state index contributed by atoms with van der Waals surface area (Å²) in [5.74, 6) is 0. The summed E-state index contributed by atoms with van der Waals surface area (Å²) in [5.41, 5.74) is 3.11. The van der Waals surface area contributed by atoms with Gasteiger partial charge in [-0.2, -0.15) is 0 Å². The van der Waals surface area contributed by atoms with Crippen LogP contribution in [0.25, 0.3) is 10.9 Å². The topological polar surface area (TPSA) is 54.6 Å². The zero-order chi connectivity index (χ0) is 19.8. The monoisotopic (exact) mass is 389 g/mol. The number of fused-ring (bicyclic) bond motifs is 1.